The fourth-order valence-electron chi connectivity index (χ4n) is 7.01. The van der Waals surface area contributed by atoms with Crippen LogP contribution in [0.1, 0.15) is 0 Å². The molecule has 0 amide bonds. The van der Waals surface area contributed by atoms with Crippen molar-refractivity contribution in [1.29, 1.82) is 0 Å². The fraction of sp³-hybridized carbons (Fsp3) is 0. The van der Waals surface area contributed by atoms with Gasteiger partial charge in [-0.2, -0.15) is 0 Å². The molecule has 0 saturated carbocycles. The minimum atomic E-state index is 0.590. The first-order valence-corrected chi connectivity index (χ1v) is 16.0. The molecule has 10 aromatic rings. The number of benzene rings is 7. The molecule has 3 heterocycles. The second-order valence-corrected chi connectivity index (χ2v) is 12.1. The van der Waals surface area contributed by atoms with Gasteiger partial charge in [0.25, 0.3) is 0 Å². The number of furan rings is 1. The number of fused-ring (bicyclic) bond motifs is 7. The summed E-state index contributed by atoms with van der Waals surface area (Å²) in [6, 6.07) is 54.5. The van der Waals surface area contributed by atoms with Gasteiger partial charge in [-0.15, -0.1) is 0 Å². The summed E-state index contributed by atoms with van der Waals surface area (Å²) < 4.78 is 8.93. The van der Waals surface area contributed by atoms with Crippen LogP contribution in [-0.2, 0) is 0 Å². The van der Waals surface area contributed by atoms with Gasteiger partial charge >= 0.3 is 0 Å². The van der Waals surface area contributed by atoms with Crippen molar-refractivity contribution in [2.75, 3.05) is 0 Å². The van der Waals surface area contributed by atoms with Crippen molar-refractivity contribution in [2.45, 2.75) is 0 Å². The molecule has 10 rings (SSSR count). The molecule has 0 bridgehead atoms. The normalized spacial score (nSPS) is 11.8. The van der Waals surface area contributed by atoms with Crippen LogP contribution < -0.4 is 0 Å². The summed E-state index contributed by atoms with van der Waals surface area (Å²) in [6.45, 7) is 0. The third-order valence-corrected chi connectivity index (χ3v) is 9.20. The van der Waals surface area contributed by atoms with E-state index in [1.54, 1.807) is 0 Å². The Morgan fingerprint density at radius 2 is 1.00 bits per heavy atom. The molecule has 48 heavy (non-hydrogen) atoms. The molecule has 0 N–H and O–H groups in total. The Kier molecular flexibility index (Phi) is 5.81. The molecule has 0 saturated heterocycles. The van der Waals surface area contributed by atoms with E-state index in [0.29, 0.717) is 17.5 Å². The molecule has 5 nitrogen and oxygen atoms in total. The van der Waals surface area contributed by atoms with E-state index < -0.39 is 0 Å². The van der Waals surface area contributed by atoms with Gasteiger partial charge in [-0.05, 0) is 41.1 Å². The van der Waals surface area contributed by atoms with Crippen LogP contribution >= 0.6 is 0 Å². The van der Waals surface area contributed by atoms with Crippen LogP contribution in [0.4, 0.5) is 0 Å². The molecule has 0 spiro atoms. The molecule has 5 heteroatoms. The van der Waals surface area contributed by atoms with Crippen molar-refractivity contribution in [1.82, 2.24) is 19.5 Å². The van der Waals surface area contributed by atoms with E-state index in [4.69, 9.17) is 19.4 Å². The van der Waals surface area contributed by atoms with Gasteiger partial charge in [0.1, 0.15) is 11.2 Å². The van der Waals surface area contributed by atoms with E-state index in [0.717, 1.165) is 55.3 Å². The average Bonchev–Trinajstić information content (AvgIpc) is 3.69. The zero-order valence-corrected chi connectivity index (χ0v) is 25.7. The summed E-state index contributed by atoms with van der Waals surface area (Å²) in [5.74, 6) is 1.83. The number of rotatable bonds is 4. The lowest BCUT2D eigenvalue weighted by Crippen LogP contribution is -2.01. The minimum absolute atomic E-state index is 0.590. The molecule has 224 valence electrons. The van der Waals surface area contributed by atoms with Crippen molar-refractivity contribution >= 4 is 54.5 Å². The second-order valence-electron chi connectivity index (χ2n) is 12.1. The van der Waals surface area contributed by atoms with Gasteiger partial charge in [0, 0.05) is 44.3 Å². The lowest BCUT2D eigenvalue weighted by molar-refractivity contribution is 0.668. The SMILES string of the molecule is c1ccc(-c2nc(-c3ccccc3)nc(-c3cc(-n4c5ccccc5c5cc6ccccc6cc54)cc4oc5ccccc5c34)n2)cc1. The Labute approximate surface area is 275 Å². The van der Waals surface area contributed by atoms with Crippen LogP contribution in [0.25, 0.3) is 94.4 Å². The van der Waals surface area contributed by atoms with E-state index in [2.05, 4.69) is 83.4 Å². The summed E-state index contributed by atoms with van der Waals surface area (Å²) in [5.41, 5.74) is 7.56. The Morgan fingerprint density at radius 3 is 1.73 bits per heavy atom. The third-order valence-electron chi connectivity index (χ3n) is 9.20. The quantitative estimate of drug-likeness (QED) is 0.198. The molecule has 3 aromatic heterocycles. The number of nitrogens with zero attached hydrogens (tertiary/aromatic N) is 4. The predicted molar refractivity (Wildman–Crippen MR) is 195 cm³/mol. The number of hydrogen-bond acceptors (Lipinski definition) is 4. The van der Waals surface area contributed by atoms with Crippen LogP contribution in [-0.4, -0.2) is 19.5 Å². The Hall–Kier alpha value is -6.59. The highest BCUT2D eigenvalue weighted by Crippen LogP contribution is 2.41. The van der Waals surface area contributed by atoms with Gasteiger partial charge in [-0.25, -0.2) is 15.0 Å². The van der Waals surface area contributed by atoms with Gasteiger partial charge in [-0.3, -0.25) is 0 Å². The van der Waals surface area contributed by atoms with Crippen LogP contribution in [0, 0.1) is 0 Å². The number of para-hydroxylation sites is 2. The third kappa shape index (κ3) is 4.15. The Balaban J connectivity index is 1.32. The van der Waals surface area contributed by atoms with Crippen molar-refractivity contribution in [3.05, 3.63) is 158 Å². The largest absolute Gasteiger partial charge is 0.456 e. The first kappa shape index (κ1) is 26.6. The molecular formula is C43H26N4O. The summed E-state index contributed by atoms with van der Waals surface area (Å²) in [6.07, 6.45) is 0. The molecular weight excluding hydrogens is 589 g/mol. The predicted octanol–water partition coefficient (Wildman–Crippen LogP) is 11.0. The lowest BCUT2D eigenvalue weighted by atomic mass is 10.0. The van der Waals surface area contributed by atoms with Crippen molar-refractivity contribution in [3.8, 4) is 39.9 Å². The summed E-state index contributed by atoms with van der Waals surface area (Å²) >= 11 is 0. The maximum atomic E-state index is 6.59. The molecule has 0 aliphatic rings. The molecule has 0 radical (unpaired) electrons. The molecule has 0 unspecified atom stereocenters. The Morgan fingerprint density at radius 1 is 0.417 bits per heavy atom. The summed E-state index contributed by atoms with van der Waals surface area (Å²) in [4.78, 5) is 15.3. The highest BCUT2D eigenvalue weighted by Gasteiger charge is 2.21. The average molecular weight is 615 g/mol. The molecule has 0 fully saturated rings. The van der Waals surface area contributed by atoms with Gasteiger partial charge < -0.3 is 8.98 Å². The standard InChI is InChI=1S/C43H26N4O/c1-3-13-27(14-4-1)41-44-42(28-15-5-2-6-16-28)46-43(45-41)35-25-31(26-39-40(35)33-20-10-12-22-38(33)48-39)47-36-21-11-9-19-32(36)34-23-29-17-7-8-18-30(29)24-37(34)47/h1-26H. The lowest BCUT2D eigenvalue weighted by Gasteiger charge is -2.13. The maximum Gasteiger partial charge on any atom is 0.164 e. The molecule has 7 aromatic carbocycles. The van der Waals surface area contributed by atoms with Crippen LogP contribution in [0.2, 0.25) is 0 Å². The highest BCUT2D eigenvalue weighted by molar-refractivity contribution is 6.15. The monoisotopic (exact) mass is 614 g/mol. The van der Waals surface area contributed by atoms with Crippen molar-refractivity contribution in [3.63, 3.8) is 0 Å². The molecule has 0 atom stereocenters. The zero-order chi connectivity index (χ0) is 31.6. The number of hydrogen-bond donors (Lipinski definition) is 0. The van der Waals surface area contributed by atoms with Crippen LogP contribution in [0.5, 0.6) is 0 Å². The van der Waals surface area contributed by atoms with E-state index in [1.165, 1.54) is 21.5 Å². The van der Waals surface area contributed by atoms with Crippen LogP contribution in [0.15, 0.2) is 162 Å². The summed E-state index contributed by atoms with van der Waals surface area (Å²) in [7, 11) is 0. The zero-order valence-electron chi connectivity index (χ0n) is 25.7. The van der Waals surface area contributed by atoms with Crippen molar-refractivity contribution < 1.29 is 4.42 Å². The maximum absolute atomic E-state index is 6.59. The molecule has 0 aliphatic heterocycles. The van der Waals surface area contributed by atoms with Gasteiger partial charge in [0.2, 0.25) is 0 Å². The smallest absolute Gasteiger partial charge is 0.164 e. The first-order chi connectivity index (χ1) is 23.8. The topological polar surface area (TPSA) is 56.7 Å². The van der Waals surface area contributed by atoms with E-state index >= 15 is 0 Å². The molecule has 0 aliphatic carbocycles. The minimum Gasteiger partial charge on any atom is -0.456 e. The first-order valence-electron chi connectivity index (χ1n) is 16.0. The number of aromatic nitrogens is 4. The van der Waals surface area contributed by atoms with Gasteiger partial charge in [0.05, 0.1) is 16.7 Å². The van der Waals surface area contributed by atoms with Crippen LogP contribution in [0.3, 0.4) is 0 Å². The van der Waals surface area contributed by atoms with E-state index in [1.807, 2.05) is 78.9 Å². The van der Waals surface area contributed by atoms with E-state index in [-0.39, 0.29) is 0 Å². The fourth-order valence-corrected chi connectivity index (χ4v) is 7.01. The Bertz CT molecular complexity index is 2780. The van der Waals surface area contributed by atoms with Gasteiger partial charge in [0.15, 0.2) is 17.5 Å². The van der Waals surface area contributed by atoms with Gasteiger partial charge in [-0.1, -0.05) is 121 Å². The second kappa shape index (κ2) is 10.5. The highest BCUT2D eigenvalue weighted by atomic mass is 16.3. The van der Waals surface area contributed by atoms with E-state index in [9.17, 15) is 0 Å². The van der Waals surface area contributed by atoms with Crippen molar-refractivity contribution in [2.24, 2.45) is 0 Å². The summed E-state index contributed by atoms with van der Waals surface area (Å²) in [5, 5.41) is 6.80.